The minimum absolute atomic E-state index is 0.150. The number of hydrogen-bond acceptors (Lipinski definition) is 3. The fourth-order valence-electron chi connectivity index (χ4n) is 4.18. The molecule has 166 valence electrons. The summed E-state index contributed by atoms with van der Waals surface area (Å²) in [6.07, 6.45) is 1.81. The van der Waals surface area contributed by atoms with Gasteiger partial charge in [-0.15, -0.1) is 0 Å². The van der Waals surface area contributed by atoms with Gasteiger partial charge in [-0.1, -0.05) is 44.0 Å². The molecule has 1 fully saturated rings. The SMILES string of the molecule is Cc1ccc(-c2ccc([C@@H]3[C@H](c4ccccn4)NC(=S)N3c3ccc(Br)c(C)c3)o2)c(Br)c1. The Balaban J connectivity index is 1.61. The van der Waals surface area contributed by atoms with Crippen LogP contribution in [0.15, 0.2) is 86.3 Å². The molecule has 1 N–H and O–H groups in total. The van der Waals surface area contributed by atoms with Gasteiger partial charge in [0.1, 0.15) is 17.6 Å². The van der Waals surface area contributed by atoms with Gasteiger partial charge in [0.15, 0.2) is 5.11 Å². The first-order valence-corrected chi connectivity index (χ1v) is 12.5. The summed E-state index contributed by atoms with van der Waals surface area (Å²) in [4.78, 5) is 6.74. The summed E-state index contributed by atoms with van der Waals surface area (Å²) >= 11 is 13.1. The van der Waals surface area contributed by atoms with E-state index < -0.39 is 0 Å². The van der Waals surface area contributed by atoms with Gasteiger partial charge in [-0.3, -0.25) is 4.98 Å². The number of thiocarbonyl (C=S) groups is 1. The number of rotatable bonds is 4. The highest BCUT2D eigenvalue weighted by Gasteiger charge is 2.42. The average molecular weight is 583 g/mol. The number of aromatic nitrogens is 1. The van der Waals surface area contributed by atoms with Crippen LogP contribution in [0.2, 0.25) is 0 Å². The molecule has 4 nitrogen and oxygen atoms in total. The minimum Gasteiger partial charge on any atom is -0.459 e. The van der Waals surface area contributed by atoms with Crippen LogP contribution in [-0.4, -0.2) is 10.1 Å². The van der Waals surface area contributed by atoms with Crippen molar-refractivity contribution in [3.63, 3.8) is 0 Å². The van der Waals surface area contributed by atoms with Gasteiger partial charge in [-0.05, 0) is 91.8 Å². The third kappa shape index (κ3) is 4.25. The number of hydrogen-bond donors (Lipinski definition) is 1. The highest BCUT2D eigenvalue weighted by Crippen LogP contribution is 2.44. The molecule has 0 saturated carbocycles. The van der Waals surface area contributed by atoms with Crippen molar-refractivity contribution < 1.29 is 4.42 Å². The number of aryl methyl sites for hydroxylation is 2. The number of furan rings is 1. The molecule has 0 aliphatic carbocycles. The Morgan fingerprint density at radius 3 is 2.55 bits per heavy atom. The lowest BCUT2D eigenvalue weighted by Crippen LogP contribution is -2.29. The van der Waals surface area contributed by atoms with E-state index in [4.69, 9.17) is 16.6 Å². The Bertz CT molecular complexity index is 1340. The molecule has 7 heteroatoms. The predicted molar refractivity (Wildman–Crippen MR) is 143 cm³/mol. The van der Waals surface area contributed by atoms with Crippen molar-refractivity contribution in [2.24, 2.45) is 0 Å². The van der Waals surface area contributed by atoms with Crippen molar-refractivity contribution in [3.8, 4) is 11.3 Å². The topological polar surface area (TPSA) is 41.3 Å². The van der Waals surface area contributed by atoms with Gasteiger partial charge in [0.2, 0.25) is 0 Å². The smallest absolute Gasteiger partial charge is 0.174 e. The molecule has 2 aromatic heterocycles. The monoisotopic (exact) mass is 581 g/mol. The number of nitrogens with one attached hydrogen (secondary N) is 1. The first kappa shape index (κ1) is 22.3. The summed E-state index contributed by atoms with van der Waals surface area (Å²) in [6.45, 7) is 4.15. The number of pyridine rings is 1. The second kappa shape index (κ2) is 9.05. The quantitative estimate of drug-likeness (QED) is 0.250. The third-order valence-corrected chi connectivity index (χ3v) is 7.69. The minimum atomic E-state index is -0.189. The second-order valence-corrected chi connectivity index (χ2v) is 10.2. The summed E-state index contributed by atoms with van der Waals surface area (Å²) in [5.74, 6) is 1.63. The summed E-state index contributed by atoms with van der Waals surface area (Å²) in [7, 11) is 0. The highest BCUT2D eigenvalue weighted by atomic mass is 79.9. The molecule has 2 aromatic carbocycles. The Hall–Kier alpha value is -2.48. The van der Waals surface area contributed by atoms with Crippen molar-refractivity contribution in [2.45, 2.75) is 25.9 Å². The van der Waals surface area contributed by atoms with Crippen molar-refractivity contribution >= 4 is 54.9 Å². The van der Waals surface area contributed by atoms with Crippen LogP contribution in [0.25, 0.3) is 11.3 Å². The van der Waals surface area contributed by atoms with E-state index >= 15 is 0 Å². The molecule has 3 heterocycles. The van der Waals surface area contributed by atoms with Gasteiger partial charge in [-0.25, -0.2) is 0 Å². The Morgan fingerprint density at radius 1 is 0.970 bits per heavy atom. The summed E-state index contributed by atoms with van der Waals surface area (Å²) in [6, 6.07) is 22.2. The van der Waals surface area contributed by atoms with Crippen molar-refractivity contribution in [1.29, 1.82) is 0 Å². The lowest BCUT2D eigenvalue weighted by atomic mass is 10.0. The maximum absolute atomic E-state index is 6.47. The molecule has 33 heavy (non-hydrogen) atoms. The molecule has 0 spiro atoms. The van der Waals surface area contributed by atoms with E-state index in [0.717, 1.165) is 43.0 Å². The maximum atomic E-state index is 6.47. The fourth-order valence-corrected chi connectivity index (χ4v) is 5.46. The highest BCUT2D eigenvalue weighted by molar-refractivity contribution is 9.10. The van der Waals surface area contributed by atoms with Crippen molar-refractivity contribution in [3.05, 3.63) is 104 Å². The fraction of sp³-hybridized carbons (Fsp3) is 0.154. The van der Waals surface area contributed by atoms with Gasteiger partial charge >= 0.3 is 0 Å². The molecule has 4 aromatic rings. The maximum Gasteiger partial charge on any atom is 0.174 e. The number of nitrogens with zero attached hydrogens (tertiary/aromatic N) is 2. The van der Waals surface area contributed by atoms with E-state index in [1.54, 1.807) is 6.20 Å². The van der Waals surface area contributed by atoms with Crippen LogP contribution in [0.3, 0.4) is 0 Å². The van der Waals surface area contributed by atoms with E-state index in [-0.39, 0.29) is 12.1 Å². The standard InChI is InChI=1S/C26H21Br2N3OS/c1-15-6-8-18(20(28)13-15)22-10-11-23(32-22)25-24(21-5-3-4-12-29-21)30-26(33)31(25)17-7-9-19(27)16(2)14-17/h3-14,24-25H,1-2H3,(H,30,33)/t24-,25+/m0/s1. The molecule has 1 aliphatic heterocycles. The van der Waals surface area contributed by atoms with Gasteiger partial charge in [0.05, 0.1) is 11.7 Å². The summed E-state index contributed by atoms with van der Waals surface area (Å²) < 4.78 is 8.54. The Morgan fingerprint density at radius 2 is 1.82 bits per heavy atom. The molecule has 0 unspecified atom stereocenters. The molecule has 0 bridgehead atoms. The normalized spacial score (nSPS) is 17.9. The van der Waals surface area contributed by atoms with Crippen LogP contribution >= 0.6 is 44.1 Å². The lowest BCUT2D eigenvalue weighted by molar-refractivity contribution is 0.439. The number of anilines is 1. The summed E-state index contributed by atoms with van der Waals surface area (Å²) in [5, 5.41) is 4.13. The first-order valence-electron chi connectivity index (χ1n) is 10.6. The van der Waals surface area contributed by atoms with Crippen LogP contribution in [-0.2, 0) is 0 Å². The molecule has 2 atom stereocenters. The first-order chi connectivity index (χ1) is 15.9. The molecule has 1 saturated heterocycles. The number of halogens is 2. The van der Waals surface area contributed by atoms with Crippen LogP contribution < -0.4 is 10.2 Å². The van der Waals surface area contributed by atoms with Crippen LogP contribution in [0.1, 0.15) is 34.7 Å². The molecule has 0 amide bonds. The Labute approximate surface area is 215 Å². The predicted octanol–water partition coefficient (Wildman–Crippen LogP) is 7.66. The van der Waals surface area contributed by atoms with Crippen LogP contribution in [0.5, 0.6) is 0 Å². The molecule has 1 aliphatic rings. The van der Waals surface area contributed by atoms with Crippen molar-refractivity contribution in [2.75, 3.05) is 4.90 Å². The van der Waals surface area contributed by atoms with Gasteiger partial charge in [0, 0.05) is 26.4 Å². The Kier molecular flexibility index (Phi) is 6.12. The van der Waals surface area contributed by atoms with E-state index in [9.17, 15) is 0 Å². The van der Waals surface area contributed by atoms with E-state index in [1.807, 2.05) is 30.3 Å². The van der Waals surface area contributed by atoms with E-state index in [2.05, 4.69) is 97.3 Å². The molecule has 0 radical (unpaired) electrons. The van der Waals surface area contributed by atoms with Gasteiger partial charge in [0.25, 0.3) is 0 Å². The second-order valence-electron chi connectivity index (χ2n) is 8.12. The third-order valence-electron chi connectivity index (χ3n) is 5.83. The molecule has 5 rings (SSSR count). The average Bonchev–Trinajstić information content (AvgIpc) is 3.41. The van der Waals surface area contributed by atoms with E-state index in [1.165, 1.54) is 5.56 Å². The molecular weight excluding hydrogens is 562 g/mol. The zero-order valence-corrected chi connectivity index (χ0v) is 22.0. The van der Waals surface area contributed by atoms with Crippen LogP contribution in [0.4, 0.5) is 5.69 Å². The largest absolute Gasteiger partial charge is 0.459 e. The van der Waals surface area contributed by atoms with Crippen molar-refractivity contribution in [1.82, 2.24) is 10.3 Å². The number of benzene rings is 2. The lowest BCUT2D eigenvalue weighted by Gasteiger charge is -2.26. The summed E-state index contributed by atoms with van der Waals surface area (Å²) in [5.41, 5.74) is 5.26. The zero-order valence-electron chi connectivity index (χ0n) is 18.0. The van der Waals surface area contributed by atoms with Gasteiger partial charge < -0.3 is 14.6 Å². The van der Waals surface area contributed by atoms with E-state index in [0.29, 0.717) is 5.11 Å². The van der Waals surface area contributed by atoms with Gasteiger partial charge in [-0.2, -0.15) is 0 Å². The van der Waals surface area contributed by atoms with Crippen LogP contribution in [0, 0.1) is 13.8 Å². The molecular formula is C26H21Br2N3OS. The zero-order chi connectivity index (χ0) is 23.1.